The molecule has 0 unspecified atom stereocenters. The number of hydrogen-bond donors (Lipinski definition) is 1. The second kappa shape index (κ2) is 7.06. The Morgan fingerprint density at radius 1 is 1.14 bits per heavy atom. The molecule has 3 aromatic rings. The summed E-state index contributed by atoms with van der Waals surface area (Å²) in [6.07, 6.45) is -4.73. The average molecular weight is 393 g/mol. The first-order chi connectivity index (χ1) is 13.0. The van der Waals surface area contributed by atoms with Gasteiger partial charge in [0, 0.05) is 6.42 Å². The smallest absolute Gasteiger partial charge is 0.416 e. The summed E-state index contributed by atoms with van der Waals surface area (Å²) in [5.41, 5.74) is 0.275. The maximum absolute atomic E-state index is 13.6. The van der Waals surface area contributed by atoms with Crippen LogP contribution >= 0.6 is 0 Å². The summed E-state index contributed by atoms with van der Waals surface area (Å²) in [4.78, 5) is 15.3. The van der Waals surface area contributed by atoms with E-state index >= 15 is 0 Å². The molecule has 0 amide bonds. The highest BCUT2D eigenvalue weighted by atomic mass is 19.4. The number of nitrogens with zero attached hydrogens (tertiary/aromatic N) is 3. The van der Waals surface area contributed by atoms with E-state index < -0.39 is 23.5 Å². The van der Waals surface area contributed by atoms with Gasteiger partial charge < -0.3 is 5.11 Å². The van der Waals surface area contributed by atoms with Crippen molar-refractivity contribution in [2.75, 3.05) is 0 Å². The van der Waals surface area contributed by atoms with E-state index in [1.165, 1.54) is 10.7 Å². The monoisotopic (exact) mass is 393 g/mol. The topological polar surface area (TPSA) is 68.0 Å². The summed E-state index contributed by atoms with van der Waals surface area (Å²) >= 11 is 0. The van der Waals surface area contributed by atoms with Crippen LogP contribution in [0.5, 0.6) is 0 Å². The molecule has 0 radical (unpaired) electrons. The van der Waals surface area contributed by atoms with Crippen LogP contribution < -0.4 is 0 Å². The highest BCUT2D eigenvalue weighted by molar-refractivity contribution is 5.89. The minimum Gasteiger partial charge on any atom is -0.478 e. The summed E-state index contributed by atoms with van der Waals surface area (Å²) in [5.74, 6) is -1.35. The number of aryl methyl sites for hydroxylation is 2. The largest absolute Gasteiger partial charge is 0.478 e. The zero-order valence-corrected chi connectivity index (χ0v) is 14.9. The van der Waals surface area contributed by atoms with Gasteiger partial charge in [-0.2, -0.15) is 18.3 Å². The van der Waals surface area contributed by atoms with E-state index in [-0.39, 0.29) is 23.4 Å². The van der Waals surface area contributed by atoms with Crippen LogP contribution in [-0.2, 0) is 12.6 Å². The minimum atomic E-state index is -4.65. The lowest BCUT2D eigenvalue weighted by molar-refractivity contribution is -0.137. The summed E-state index contributed by atoms with van der Waals surface area (Å²) in [5, 5.41) is 13.4. The number of carboxylic acids is 1. The third-order valence-corrected chi connectivity index (χ3v) is 4.14. The molecule has 3 rings (SSSR count). The number of carbonyl (C=O) groups is 1. The summed E-state index contributed by atoms with van der Waals surface area (Å²) in [6, 6.07) is 6.94. The van der Waals surface area contributed by atoms with E-state index in [0.717, 1.165) is 12.1 Å². The van der Waals surface area contributed by atoms with Crippen LogP contribution in [0.1, 0.15) is 38.7 Å². The first kappa shape index (κ1) is 19.5. The standard InChI is InChI=1S/C19H15F4N3O2/c1-10-5-15(3-4-16(10)18(27)28)26-11(2)24-17(25-26)8-12-6-13(19(21,22)23)9-14(20)7-12/h3-7,9H,8H2,1-2H3,(H,27,28). The van der Waals surface area contributed by atoms with Crippen molar-refractivity contribution in [3.63, 3.8) is 0 Å². The molecule has 28 heavy (non-hydrogen) atoms. The molecule has 0 saturated heterocycles. The number of halogens is 4. The molecule has 146 valence electrons. The second-order valence-corrected chi connectivity index (χ2v) is 6.31. The molecule has 1 heterocycles. The number of aromatic carboxylic acids is 1. The van der Waals surface area contributed by atoms with Gasteiger partial charge in [0.2, 0.25) is 0 Å². The first-order valence-electron chi connectivity index (χ1n) is 8.18. The molecular formula is C19H15F4N3O2. The molecule has 0 fully saturated rings. The zero-order valence-electron chi connectivity index (χ0n) is 14.9. The van der Waals surface area contributed by atoms with Gasteiger partial charge in [0.05, 0.1) is 16.8 Å². The molecule has 0 saturated carbocycles. The maximum Gasteiger partial charge on any atom is 0.416 e. The van der Waals surface area contributed by atoms with Gasteiger partial charge in [-0.25, -0.2) is 18.9 Å². The Hall–Kier alpha value is -3.23. The Balaban J connectivity index is 1.92. The van der Waals surface area contributed by atoms with Crippen molar-refractivity contribution >= 4 is 5.97 Å². The molecule has 0 aliphatic carbocycles. The van der Waals surface area contributed by atoms with Crippen molar-refractivity contribution in [2.24, 2.45) is 0 Å². The van der Waals surface area contributed by atoms with E-state index in [1.807, 2.05) is 0 Å². The Kier molecular flexibility index (Phi) is 4.93. The predicted molar refractivity (Wildman–Crippen MR) is 92.0 cm³/mol. The van der Waals surface area contributed by atoms with E-state index in [4.69, 9.17) is 5.11 Å². The van der Waals surface area contributed by atoms with E-state index in [9.17, 15) is 22.4 Å². The highest BCUT2D eigenvalue weighted by Gasteiger charge is 2.31. The fraction of sp³-hybridized carbons (Fsp3) is 0.211. The van der Waals surface area contributed by atoms with Gasteiger partial charge in [0.15, 0.2) is 5.82 Å². The maximum atomic E-state index is 13.6. The molecule has 0 aliphatic rings. The minimum absolute atomic E-state index is 0.0825. The third-order valence-electron chi connectivity index (χ3n) is 4.14. The van der Waals surface area contributed by atoms with Crippen LogP contribution in [0.3, 0.4) is 0 Å². The normalized spacial score (nSPS) is 11.6. The van der Waals surface area contributed by atoms with Crippen LogP contribution in [0.15, 0.2) is 36.4 Å². The van der Waals surface area contributed by atoms with Crippen molar-refractivity contribution in [1.82, 2.24) is 14.8 Å². The Labute approximate surface area is 157 Å². The van der Waals surface area contributed by atoms with Gasteiger partial charge in [-0.15, -0.1) is 0 Å². The number of hydrogen-bond acceptors (Lipinski definition) is 3. The van der Waals surface area contributed by atoms with E-state index in [0.29, 0.717) is 23.1 Å². The lowest BCUT2D eigenvalue weighted by Gasteiger charge is -2.08. The van der Waals surface area contributed by atoms with Crippen LogP contribution in [-0.4, -0.2) is 25.8 Å². The molecule has 5 nitrogen and oxygen atoms in total. The van der Waals surface area contributed by atoms with Crippen LogP contribution in [0.2, 0.25) is 0 Å². The SMILES string of the molecule is Cc1cc(-n2nc(Cc3cc(F)cc(C(F)(F)F)c3)nc2C)ccc1C(=O)O. The molecule has 0 aliphatic heterocycles. The van der Waals surface area contributed by atoms with Crippen LogP contribution in [0, 0.1) is 19.7 Å². The van der Waals surface area contributed by atoms with Gasteiger partial charge in [-0.1, -0.05) is 0 Å². The van der Waals surface area contributed by atoms with Crippen LogP contribution in [0.4, 0.5) is 17.6 Å². The van der Waals surface area contributed by atoms with Crippen LogP contribution in [0.25, 0.3) is 5.69 Å². The Bertz CT molecular complexity index is 1060. The van der Waals surface area contributed by atoms with Gasteiger partial charge in [0.25, 0.3) is 0 Å². The number of benzene rings is 2. The van der Waals surface area contributed by atoms with Gasteiger partial charge in [-0.3, -0.25) is 0 Å². The van der Waals surface area contributed by atoms with Crippen molar-refractivity contribution < 1.29 is 27.5 Å². The molecule has 0 spiro atoms. The number of rotatable bonds is 4. The second-order valence-electron chi connectivity index (χ2n) is 6.31. The fourth-order valence-electron chi connectivity index (χ4n) is 2.88. The first-order valence-corrected chi connectivity index (χ1v) is 8.18. The quantitative estimate of drug-likeness (QED) is 0.670. The summed E-state index contributed by atoms with van der Waals surface area (Å²) in [6.45, 7) is 3.30. The molecular weight excluding hydrogens is 378 g/mol. The number of alkyl halides is 3. The summed E-state index contributed by atoms with van der Waals surface area (Å²) < 4.78 is 53.6. The lowest BCUT2D eigenvalue weighted by atomic mass is 10.1. The molecule has 0 atom stereocenters. The molecule has 2 aromatic carbocycles. The summed E-state index contributed by atoms with van der Waals surface area (Å²) in [7, 11) is 0. The Morgan fingerprint density at radius 3 is 2.46 bits per heavy atom. The zero-order chi connectivity index (χ0) is 20.6. The molecule has 0 bridgehead atoms. The predicted octanol–water partition coefficient (Wildman–Crippen LogP) is 4.33. The number of aromatic nitrogens is 3. The molecule has 1 N–H and O–H groups in total. The highest BCUT2D eigenvalue weighted by Crippen LogP contribution is 2.30. The van der Waals surface area contributed by atoms with Gasteiger partial charge in [0.1, 0.15) is 11.6 Å². The van der Waals surface area contributed by atoms with Crippen molar-refractivity contribution in [3.05, 3.63) is 76.1 Å². The van der Waals surface area contributed by atoms with Crippen molar-refractivity contribution in [1.29, 1.82) is 0 Å². The van der Waals surface area contributed by atoms with E-state index in [1.54, 1.807) is 26.0 Å². The lowest BCUT2D eigenvalue weighted by Crippen LogP contribution is -2.07. The fourth-order valence-corrected chi connectivity index (χ4v) is 2.88. The number of carboxylic acid groups (broad SMARTS) is 1. The molecule has 9 heteroatoms. The Morgan fingerprint density at radius 2 is 1.86 bits per heavy atom. The van der Waals surface area contributed by atoms with Gasteiger partial charge >= 0.3 is 12.1 Å². The average Bonchev–Trinajstić information content (AvgIpc) is 2.93. The van der Waals surface area contributed by atoms with Gasteiger partial charge in [-0.05, 0) is 61.4 Å². The third kappa shape index (κ3) is 4.03. The van der Waals surface area contributed by atoms with Crippen molar-refractivity contribution in [3.8, 4) is 5.69 Å². The van der Waals surface area contributed by atoms with E-state index in [2.05, 4.69) is 10.1 Å². The van der Waals surface area contributed by atoms with Crippen molar-refractivity contribution in [2.45, 2.75) is 26.4 Å². The molecule has 1 aromatic heterocycles.